The highest BCUT2D eigenvalue weighted by atomic mass is 16.5. The minimum atomic E-state index is -0.333. The van der Waals surface area contributed by atoms with Crippen molar-refractivity contribution < 1.29 is 19.1 Å². The number of hydrogen-bond acceptors (Lipinski definition) is 5. The number of nitrogens with one attached hydrogen (secondary N) is 3. The SMILES string of the molecule is CN1CC(=O)NCC(=O)NCCCc2cccc3c2OC(CCC3)CNC(C2CC2)C1=O. The maximum Gasteiger partial charge on any atom is 0.240 e. The minimum absolute atomic E-state index is 0.00126. The van der Waals surface area contributed by atoms with E-state index in [0.717, 1.165) is 56.3 Å². The Labute approximate surface area is 189 Å². The monoisotopic (exact) mass is 442 g/mol. The molecule has 1 saturated carbocycles. The van der Waals surface area contributed by atoms with Gasteiger partial charge in [-0.25, -0.2) is 0 Å². The summed E-state index contributed by atoms with van der Waals surface area (Å²) in [5.41, 5.74) is 2.40. The summed E-state index contributed by atoms with van der Waals surface area (Å²) in [5, 5.41) is 8.93. The van der Waals surface area contributed by atoms with E-state index in [-0.39, 0.29) is 43.0 Å². The van der Waals surface area contributed by atoms with Crippen molar-refractivity contribution in [2.45, 2.75) is 57.1 Å². The van der Waals surface area contributed by atoms with E-state index in [9.17, 15) is 14.4 Å². The highest BCUT2D eigenvalue weighted by molar-refractivity contribution is 5.89. The van der Waals surface area contributed by atoms with Crippen molar-refractivity contribution in [3.8, 4) is 5.75 Å². The lowest BCUT2D eigenvalue weighted by molar-refractivity contribution is -0.137. The summed E-state index contributed by atoms with van der Waals surface area (Å²) >= 11 is 0. The van der Waals surface area contributed by atoms with E-state index in [1.807, 2.05) is 0 Å². The normalized spacial score (nSPS) is 26.2. The third kappa shape index (κ3) is 5.79. The molecule has 8 heteroatoms. The second kappa shape index (κ2) is 10.3. The topological polar surface area (TPSA) is 99.8 Å². The van der Waals surface area contributed by atoms with Crippen LogP contribution < -0.4 is 20.7 Å². The van der Waals surface area contributed by atoms with Crippen molar-refractivity contribution >= 4 is 17.7 Å². The average molecular weight is 443 g/mol. The Kier molecular flexibility index (Phi) is 7.29. The molecule has 2 unspecified atom stereocenters. The molecular weight excluding hydrogens is 408 g/mol. The van der Waals surface area contributed by atoms with Gasteiger partial charge in [0.25, 0.3) is 0 Å². The summed E-state index contributed by atoms with van der Waals surface area (Å²) < 4.78 is 6.49. The third-order valence-corrected chi connectivity index (χ3v) is 6.51. The number of carbonyl (C=O) groups excluding carboxylic acids is 3. The maximum absolute atomic E-state index is 13.1. The van der Waals surface area contributed by atoms with Gasteiger partial charge in [-0.15, -0.1) is 0 Å². The van der Waals surface area contributed by atoms with Crippen LogP contribution >= 0.6 is 0 Å². The molecule has 174 valence electrons. The summed E-state index contributed by atoms with van der Waals surface area (Å²) in [6.45, 7) is 0.992. The van der Waals surface area contributed by atoms with E-state index >= 15 is 0 Å². The molecule has 2 bridgehead atoms. The van der Waals surface area contributed by atoms with Crippen LogP contribution in [0.15, 0.2) is 18.2 Å². The van der Waals surface area contributed by atoms with Gasteiger partial charge >= 0.3 is 0 Å². The molecule has 1 aliphatic carbocycles. The van der Waals surface area contributed by atoms with E-state index < -0.39 is 0 Å². The van der Waals surface area contributed by atoms with E-state index in [2.05, 4.69) is 34.1 Å². The van der Waals surface area contributed by atoms with Crippen LogP contribution in [0.3, 0.4) is 0 Å². The Morgan fingerprint density at radius 3 is 2.47 bits per heavy atom. The predicted octanol–water partition coefficient (Wildman–Crippen LogP) is 0.776. The maximum atomic E-state index is 13.1. The predicted molar refractivity (Wildman–Crippen MR) is 120 cm³/mol. The Morgan fingerprint density at radius 1 is 0.969 bits per heavy atom. The molecule has 0 radical (unpaired) electrons. The largest absolute Gasteiger partial charge is 0.489 e. The lowest BCUT2D eigenvalue weighted by Gasteiger charge is -2.27. The molecule has 32 heavy (non-hydrogen) atoms. The van der Waals surface area contributed by atoms with Crippen molar-refractivity contribution in [2.75, 3.05) is 33.2 Å². The minimum Gasteiger partial charge on any atom is -0.489 e. The molecule has 1 aromatic rings. The van der Waals surface area contributed by atoms with Gasteiger partial charge in [0, 0.05) is 20.1 Å². The highest BCUT2D eigenvalue weighted by Crippen LogP contribution is 2.34. The molecule has 8 nitrogen and oxygen atoms in total. The van der Waals surface area contributed by atoms with E-state index in [0.29, 0.717) is 19.0 Å². The fourth-order valence-electron chi connectivity index (χ4n) is 4.55. The number of nitrogens with zero attached hydrogens (tertiary/aromatic N) is 1. The molecule has 4 rings (SSSR count). The molecule has 1 aromatic carbocycles. The van der Waals surface area contributed by atoms with Crippen molar-refractivity contribution in [3.05, 3.63) is 29.3 Å². The van der Waals surface area contributed by atoms with Crippen LogP contribution in [0.4, 0.5) is 0 Å². The molecule has 3 aliphatic rings. The van der Waals surface area contributed by atoms with Crippen LogP contribution in [0.25, 0.3) is 0 Å². The van der Waals surface area contributed by atoms with Crippen LogP contribution in [-0.2, 0) is 27.2 Å². The van der Waals surface area contributed by atoms with Crippen molar-refractivity contribution in [1.29, 1.82) is 0 Å². The van der Waals surface area contributed by atoms with Gasteiger partial charge in [-0.1, -0.05) is 18.2 Å². The number of likely N-dealkylation sites (N-methyl/N-ethyl adjacent to an activating group) is 1. The Morgan fingerprint density at radius 2 is 1.72 bits per heavy atom. The van der Waals surface area contributed by atoms with Crippen LogP contribution in [0.2, 0.25) is 0 Å². The number of rotatable bonds is 1. The van der Waals surface area contributed by atoms with Crippen LogP contribution in [0.1, 0.15) is 43.2 Å². The molecule has 0 spiro atoms. The van der Waals surface area contributed by atoms with Gasteiger partial charge < -0.3 is 25.6 Å². The zero-order valence-corrected chi connectivity index (χ0v) is 18.8. The summed E-state index contributed by atoms with van der Waals surface area (Å²) in [6, 6.07) is 6.00. The fourth-order valence-corrected chi connectivity index (χ4v) is 4.55. The van der Waals surface area contributed by atoms with Crippen LogP contribution in [-0.4, -0.2) is 68.0 Å². The Balaban J connectivity index is 1.53. The first-order valence-electron chi connectivity index (χ1n) is 11.8. The van der Waals surface area contributed by atoms with Crippen LogP contribution in [0, 0.1) is 5.92 Å². The van der Waals surface area contributed by atoms with E-state index in [1.165, 1.54) is 10.5 Å². The summed E-state index contributed by atoms with van der Waals surface area (Å²) in [5.74, 6) is 0.637. The molecule has 2 atom stereocenters. The second-order valence-electron chi connectivity index (χ2n) is 9.19. The van der Waals surface area contributed by atoms with Crippen molar-refractivity contribution in [2.24, 2.45) is 5.92 Å². The number of carbonyl (C=O) groups is 3. The number of amides is 3. The van der Waals surface area contributed by atoms with Gasteiger partial charge in [-0.05, 0) is 62.0 Å². The number of aryl methyl sites for hydroxylation is 2. The molecular formula is C24H34N4O4. The zero-order chi connectivity index (χ0) is 22.5. The average Bonchev–Trinajstić information content (AvgIpc) is 3.62. The molecule has 2 aliphatic heterocycles. The number of ether oxygens (including phenoxy) is 1. The zero-order valence-electron chi connectivity index (χ0n) is 18.8. The van der Waals surface area contributed by atoms with Gasteiger partial charge in [0.15, 0.2) is 0 Å². The first-order valence-corrected chi connectivity index (χ1v) is 11.8. The molecule has 0 saturated heterocycles. The van der Waals surface area contributed by atoms with Gasteiger partial charge in [-0.2, -0.15) is 0 Å². The summed E-state index contributed by atoms with van der Waals surface area (Å²) in [7, 11) is 1.64. The molecule has 2 heterocycles. The number of fused-ring (bicyclic) bond motifs is 1. The van der Waals surface area contributed by atoms with Gasteiger partial charge in [-0.3, -0.25) is 14.4 Å². The highest BCUT2D eigenvalue weighted by Gasteiger charge is 2.38. The lowest BCUT2D eigenvalue weighted by atomic mass is 10.0. The summed E-state index contributed by atoms with van der Waals surface area (Å²) in [6.07, 6.45) is 6.59. The Bertz CT molecular complexity index is 854. The third-order valence-electron chi connectivity index (χ3n) is 6.51. The number of para-hydroxylation sites is 1. The fraction of sp³-hybridized carbons (Fsp3) is 0.625. The quantitative estimate of drug-likeness (QED) is 0.597. The van der Waals surface area contributed by atoms with Crippen molar-refractivity contribution in [1.82, 2.24) is 20.9 Å². The number of benzene rings is 1. The first-order chi connectivity index (χ1) is 15.5. The van der Waals surface area contributed by atoms with E-state index in [4.69, 9.17) is 4.74 Å². The van der Waals surface area contributed by atoms with E-state index in [1.54, 1.807) is 7.05 Å². The first kappa shape index (κ1) is 22.6. The van der Waals surface area contributed by atoms with Gasteiger partial charge in [0.1, 0.15) is 11.9 Å². The molecule has 1 fully saturated rings. The summed E-state index contributed by atoms with van der Waals surface area (Å²) in [4.78, 5) is 38.8. The number of hydrogen-bond donors (Lipinski definition) is 3. The van der Waals surface area contributed by atoms with Gasteiger partial charge in [0.05, 0.1) is 19.1 Å². The molecule has 0 aromatic heterocycles. The lowest BCUT2D eigenvalue weighted by Crippen LogP contribution is -2.51. The standard InChI is InChI=1S/C24H34N4O4/c1-28-15-21(30)26-14-20(29)25-12-4-8-18-6-2-5-17-7-3-9-19(32-23(17)18)13-27-22(24(28)31)16-10-11-16/h2,5-6,16,19,22,27H,3-4,7-15H2,1H3,(H,25,29)(H,26,30). The van der Waals surface area contributed by atoms with Crippen molar-refractivity contribution in [3.63, 3.8) is 0 Å². The smallest absolute Gasteiger partial charge is 0.240 e. The van der Waals surface area contributed by atoms with Gasteiger partial charge in [0.2, 0.25) is 17.7 Å². The second-order valence-corrected chi connectivity index (χ2v) is 9.19. The van der Waals surface area contributed by atoms with Crippen LogP contribution in [0.5, 0.6) is 5.75 Å². The molecule has 3 N–H and O–H groups in total. The Hall–Kier alpha value is -2.61. The molecule has 3 amide bonds.